The van der Waals surface area contributed by atoms with Crippen molar-refractivity contribution in [2.24, 2.45) is 5.92 Å². The summed E-state index contributed by atoms with van der Waals surface area (Å²) in [6, 6.07) is 0.784. The minimum Gasteiger partial charge on any atom is -0.303 e. The summed E-state index contributed by atoms with van der Waals surface area (Å²) >= 11 is 1.80. The molecule has 2 aliphatic carbocycles. The van der Waals surface area contributed by atoms with Crippen molar-refractivity contribution in [2.45, 2.75) is 44.2 Å². The Morgan fingerprint density at radius 3 is 2.79 bits per heavy atom. The molecule has 0 aromatic carbocycles. The topological polar surface area (TPSA) is 24.9 Å². The quantitative estimate of drug-likeness (QED) is 0.825. The highest BCUT2D eigenvalue weighted by molar-refractivity contribution is 7.09. The zero-order chi connectivity index (χ0) is 9.60. The Labute approximate surface area is 88.7 Å². The third-order valence-corrected chi connectivity index (χ3v) is 4.27. The van der Waals surface area contributed by atoms with E-state index in [1.807, 2.05) is 6.20 Å². The van der Waals surface area contributed by atoms with Gasteiger partial charge in [0, 0.05) is 17.6 Å². The maximum absolute atomic E-state index is 4.48. The molecule has 0 radical (unpaired) electrons. The van der Waals surface area contributed by atoms with Crippen molar-refractivity contribution in [2.75, 3.05) is 0 Å². The molecule has 0 bridgehead atoms. The van der Waals surface area contributed by atoms with Crippen molar-refractivity contribution in [3.05, 3.63) is 16.6 Å². The molecule has 0 spiro atoms. The minimum atomic E-state index is 0.259. The summed E-state index contributed by atoms with van der Waals surface area (Å²) in [6.45, 7) is 2.33. The Morgan fingerprint density at radius 2 is 2.29 bits per heavy atom. The summed E-state index contributed by atoms with van der Waals surface area (Å²) in [6.07, 6.45) is 7.20. The Morgan fingerprint density at radius 1 is 1.50 bits per heavy atom. The smallest absolute Gasteiger partial charge is 0.113 e. The van der Waals surface area contributed by atoms with Crippen molar-refractivity contribution in [1.29, 1.82) is 0 Å². The molecule has 1 heterocycles. The van der Waals surface area contributed by atoms with Crippen molar-refractivity contribution in [3.8, 4) is 0 Å². The van der Waals surface area contributed by atoms with Crippen LogP contribution in [0.15, 0.2) is 11.6 Å². The van der Waals surface area contributed by atoms with E-state index in [9.17, 15) is 0 Å². The minimum absolute atomic E-state index is 0.259. The molecule has 1 aromatic rings. The lowest BCUT2D eigenvalue weighted by Crippen LogP contribution is -2.52. The van der Waals surface area contributed by atoms with Crippen LogP contribution in [0, 0.1) is 5.92 Å². The van der Waals surface area contributed by atoms with Crippen molar-refractivity contribution in [3.63, 3.8) is 0 Å². The van der Waals surface area contributed by atoms with Crippen LogP contribution >= 0.6 is 11.3 Å². The molecule has 0 amide bonds. The third-order valence-electron chi connectivity index (χ3n) is 3.29. The molecule has 2 fully saturated rings. The summed E-state index contributed by atoms with van der Waals surface area (Å²) < 4.78 is 0. The highest BCUT2D eigenvalue weighted by Crippen LogP contribution is 2.47. The van der Waals surface area contributed by atoms with E-state index < -0.39 is 0 Å². The van der Waals surface area contributed by atoms with Gasteiger partial charge in [0.25, 0.3) is 0 Å². The highest BCUT2D eigenvalue weighted by Gasteiger charge is 2.47. The summed E-state index contributed by atoms with van der Waals surface area (Å²) in [5.74, 6) is 0.866. The average molecular weight is 208 g/mol. The summed E-state index contributed by atoms with van der Waals surface area (Å²) in [5, 5.41) is 7.18. The molecule has 3 heteroatoms. The van der Waals surface area contributed by atoms with E-state index in [4.69, 9.17) is 0 Å². The van der Waals surface area contributed by atoms with E-state index in [1.54, 1.807) is 11.3 Å². The van der Waals surface area contributed by atoms with E-state index in [1.165, 1.54) is 30.7 Å². The predicted octanol–water partition coefficient (Wildman–Crippen LogP) is 2.52. The van der Waals surface area contributed by atoms with Gasteiger partial charge in [-0.25, -0.2) is 4.98 Å². The van der Waals surface area contributed by atoms with Gasteiger partial charge in [-0.05, 0) is 31.6 Å². The van der Waals surface area contributed by atoms with E-state index in [2.05, 4.69) is 22.6 Å². The van der Waals surface area contributed by atoms with Crippen LogP contribution in [-0.2, 0) is 5.54 Å². The standard InChI is InChI=1S/C11H16N2S/c1-8-6-11(7-8,13-9-2-3-9)10-12-4-5-14-10/h4-5,8-9,13H,2-3,6-7H2,1H3. The molecule has 0 aliphatic heterocycles. The van der Waals surface area contributed by atoms with Gasteiger partial charge in [-0.3, -0.25) is 0 Å². The van der Waals surface area contributed by atoms with Gasteiger partial charge in [0.2, 0.25) is 0 Å². The monoisotopic (exact) mass is 208 g/mol. The molecule has 2 nitrogen and oxygen atoms in total. The van der Waals surface area contributed by atoms with Crippen molar-refractivity contribution in [1.82, 2.24) is 10.3 Å². The molecule has 76 valence electrons. The molecule has 0 saturated heterocycles. The zero-order valence-corrected chi connectivity index (χ0v) is 9.31. The van der Waals surface area contributed by atoms with Crippen LogP contribution < -0.4 is 5.32 Å². The van der Waals surface area contributed by atoms with Crippen molar-refractivity contribution < 1.29 is 0 Å². The lowest BCUT2D eigenvalue weighted by Gasteiger charge is -2.46. The van der Waals surface area contributed by atoms with E-state index >= 15 is 0 Å². The van der Waals surface area contributed by atoms with Gasteiger partial charge in [0.05, 0.1) is 5.54 Å². The number of rotatable bonds is 3. The van der Waals surface area contributed by atoms with Gasteiger partial charge in [0.15, 0.2) is 0 Å². The Kier molecular flexibility index (Phi) is 1.92. The first-order chi connectivity index (χ1) is 6.78. The number of thiazole rings is 1. The van der Waals surface area contributed by atoms with Crippen LogP contribution in [0.3, 0.4) is 0 Å². The van der Waals surface area contributed by atoms with Crippen LogP contribution in [0.1, 0.15) is 37.6 Å². The fourth-order valence-electron chi connectivity index (χ4n) is 2.56. The molecule has 14 heavy (non-hydrogen) atoms. The van der Waals surface area contributed by atoms with Crippen LogP contribution in [0.25, 0.3) is 0 Å². The molecule has 2 aliphatic rings. The highest BCUT2D eigenvalue weighted by atomic mass is 32.1. The van der Waals surface area contributed by atoms with Crippen LogP contribution in [0.5, 0.6) is 0 Å². The third kappa shape index (κ3) is 1.39. The molecule has 0 atom stereocenters. The molecule has 3 rings (SSSR count). The molecular formula is C11H16N2S. The second-order valence-corrected chi connectivity index (χ2v) is 5.75. The molecule has 0 unspecified atom stereocenters. The number of nitrogens with one attached hydrogen (secondary N) is 1. The first kappa shape index (κ1) is 8.86. The molecule has 2 saturated carbocycles. The van der Waals surface area contributed by atoms with E-state index in [0.717, 1.165) is 12.0 Å². The van der Waals surface area contributed by atoms with Gasteiger partial charge in [-0.2, -0.15) is 0 Å². The lowest BCUT2D eigenvalue weighted by molar-refractivity contribution is 0.112. The fourth-order valence-corrected chi connectivity index (χ4v) is 3.39. The zero-order valence-electron chi connectivity index (χ0n) is 8.49. The average Bonchev–Trinajstić information content (AvgIpc) is 2.77. The number of hydrogen-bond donors (Lipinski definition) is 1. The van der Waals surface area contributed by atoms with Crippen LogP contribution in [0.2, 0.25) is 0 Å². The Balaban J connectivity index is 1.81. The number of nitrogens with zero attached hydrogens (tertiary/aromatic N) is 1. The van der Waals surface area contributed by atoms with Gasteiger partial charge in [-0.15, -0.1) is 11.3 Å². The maximum Gasteiger partial charge on any atom is 0.113 e. The molecule has 1 N–H and O–H groups in total. The summed E-state index contributed by atoms with van der Waals surface area (Å²) in [4.78, 5) is 4.48. The summed E-state index contributed by atoms with van der Waals surface area (Å²) in [5.41, 5.74) is 0.259. The van der Waals surface area contributed by atoms with Crippen LogP contribution in [0.4, 0.5) is 0 Å². The van der Waals surface area contributed by atoms with E-state index in [-0.39, 0.29) is 5.54 Å². The number of aromatic nitrogens is 1. The summed E-state index contributed by atoms with van der Waals surface area (Å²) in [7, 11) is 0. The Bertz CT molecular complexity index is 310. The van der Waals surface area contributed by atoms with Crippen molar-refractivity contribution >= 4 is 11.3 Å². The molecular weight excluding hydrogens is 192 g/mol. The Hall–Kier alpha value is -0.410. The second kappa shape index (κ2) is 3.04. The van der Waals surface area contributed by atoms with Gasteiger partial charge >= 0.3 is 0 Å². The van der Waals surface area contributed by atoms with Crippen LogP contribution in [-0.4, -0.2) is 11.0 Å². The first-order valence-electron chi connectivity index (χ1n) is 5.46. The predicted molar refractivity (Wildman–Crippen MR) is 58.3 cm³/mol. The molecule has 1 aromatic heterocycles. The fraction of sp³-hybridized carbons (Fsp3) is 0.727. The second-order valence-electron chi connectivity index (χ2n) is 4.85. The largest absolute Gasteiger partial charge is 0.303 e. The lowest BCUT2D eigenvalue weighted by atomic mass is 9.69. The normalized spacial score (nSPS) is 36.8. The first-order valence-corrected chi connectivity index (χ1v) is 6.34. The maximum atomic E-state index is 4.48. The van der Waals surface area contributed by atoms with E-state index in [0.29, 0.717) is 0 Å². The number of hydrogen-bond acceptors (Lipinski definition) is 3. The van der Waals surface area contributed by atoms with Gasteiger partial charge < -0.3 is 5.32 Å². The van der Waals surface area contributed by atoms with Gasteiger partial charge in [-0.1, -0.05) is 6.92 Å². The van der Waals surface area contributed by atoms with Gasteiger partial charge in [0.1, 0.15) is 5.01 Å². The SMILES string of the molecule is CC1CC(NC2CC2)(c2nccs2)C1.